The van der Waals surface area contributed by atoms with Crippen LogP contribution in [0.5, 0.6) is 0 Å². The van der Waals surface area contributed by atoms with E-state index >= 15 is 0 Å². The molecule has 2 rings (SSSR count). The number of aliphatic imine (C=N–C) groups is 1. The number of halogens is 1. The molecule has 0 unspecified atom stereocenters. The Bertz CT molecular complexity index is 495. The van der Waals surface area contributed by atoms with Crippen molar-refractivity contribution >= 4 is 35.8 Å². The molecule has 0 saturated carbocycles. The van der Waals surface area contributed by atoms with Crippen molar-refractivity contribution in [1.29, 1.82) is 0 Å². The highest BCUT2D eigenvalue weighted by Crippen LogP contribution is 2.15. The molecule has 0 radical (unpaired) electrons. The van der Waals surface area contributed by atoms with Gasteiger partial charge in [0.2, 0.25) is 0 Å². The lowest BCUT2D eigenvalue weighted by atomic mass is 10.2. The zero-order valence-electron chi connectivity index (χ0n) is 14.4. The van der Waals surface area contributed by atoms with Crippen molar-refractivity contribution in [2.24, 2.45) is 10.7 Å². The van der Waals surface area contributed by atoms with E-state index in [-0.39, 0.29) is 24.0 Å². The third-order valence-electron chi connectivity index (χ3n) is 4.15. The molecule has 1 aromatic heterocycles. The number of hydrogen-bond donors (Lipinski definition) is 1. The minimum Gasteiger partial charge on any atom is -0.370 e. The standard InChI is InChI=1S/C16H28N6.HI/c1-4-21(5-2)16(17)19-13-14-6-7-18-15(12-14)22-10-8-20(3)9-11-22;/h6-7,12H,4-5,8-11,13H2,1-3H3,(H2,17,19);1H. The predicted molar refractivity (Wildman–Crippen MR) is 108 cm³/mol. The minimum atomic E-state index is 0. The number of likely N-dealkylation sites (N-methyl/N-ethyl adjacent to an activating group) is 1. The highest BCUT2D eigenvalue weighted by molar-refractivity contribution is 14.0. The van der Waals surface area contributed by atoms with E-state index in [4.69, 9.17) is 5.73 Å². The number of anilines is 1. The summed E-state index contributed by atoms with van der Waals surface area (Å²) in [6.45, 7) is 10.8. The fourth-order valence-electron chi connectivity index (χ4n) is 2.59. The molecule has 1 aromatic rings. The molecule has 0 aliphatic carbocycles. The number of guanidine groups is 1. The number of nitrogens with two attached hydrogens (primary N) is 1. The Balaban J connectivity index is 0.00000264. The van der Waals surface area contributed by atoms with Gasteiger partial charge >= 0.3 is 0 Å². The van der Waals surface area contributed by atoms with E-state index in [1.54, 1.807) is 0 Å². The number of aromatic nitrogens is 1. The summed E-state index contributed by atoms with van der Waals surface area (Å²) < 4.78 is 0. The molecule has 1 fully saturated rings. The molecule has 130 valence electrons. The van der Waals surface area contributed by atoms with E-state index in [1.807, 2.05) is 12.3 Å². The summed E-state index contributed by atoms with van der Waals surface area (Å²) in [5.41, 5.74) is 7.18. The van der Waals surface area contributed by atoms with Crippen molar-refractivity contribution in [2.75, 3.05) is 51.2 Å². The molecule has 0 bridgehead atoms. The van der Waals surface area contributed by atoms with Gasteiger partial charge in [0.1, 0.15) is 5.82 Å². The Hall–Kier alpha value is -1.09. The molecule has 0 spiro atoms. The number of rotatable bonds is 5. The van der Waals surface area contributed by atoms with E-state index in [1.165, 1.54) is 0 Å². The van der Waals surface area contributed by atoms with Gasteiger partial charge in [-0.2, -0.15) is 0 Å². The van der Waals surface area contributed by atoms with Gasteiger partial charge in [-0.05, 0) is 38.6 Å². The summed E-state index contributed by atoms with van der Waals surface area (Å²) in [4.78, 5) is 15.7. The van der Waals surface area contributed by atoms with Crippen molar-refractivity contribution in [3.63, 3.8) is 0 Å². The van der Waals surface area contributed by atoms with Crippen molar-refractivity contribution < 1.29 is 0 Å². The second kappa shape index (κ2) is 9.92. The van der Waals surface area contributed by atoms with Crippen LogP contribution in [-0.4, -0.2) is 67.1 Å². The molecule has 1 aliphatic rings. The number of nitrogens with zero attached hydrogens (tertiary/aromatic N) is 5. The third-order valence-corrected chi connectivity index (χ3v) is 4.15. The molecule has 23 heavy (non-hydrogen) atoms. The topological polar surface area (TPSA) is 61.0 Å². The first-order chi connectivity index (χ1) is 10.6. The van der Waals surface area contributed by atoms with E-state index in [9.17, 15) is 0 Å². The first-order valence-corrected chi connectivity index (χ1v) is 8.07. The van der Waals surface area contributed by atoms with E-state index in [0.717, 1.165) is 50.6 Å². The molecular formula is C16H29IN6. The minimum absolute atomic E-state index is 0. The molecule has 0 atom stereocenters. The van der Waals surface area contributed by atoms with Crippen LogP contribution in [0.4, 0.5) is 5.82 Å². The monoisotopic (exact) mass is 432 g/mol. The van der Waals surface area contributed by atoms with Crippen LogP contribution in [-0.2, 0) is 6.54 Å². The molecule has 2 N–H and O–H groups in total. The van der Waals surface area contributed by atoms with Crippen molar-refractivity contribution in [1.82, 2.24) is 14.8 Å². The summed E-state index contributed by atoms with van der Waals surface area (Å²) in [5, 5.41) is 0. The van der Waals surface area contributed by atoms with Crippen LogP contribution >= 0.6 is 24.0 Å². The fourth-order valence-corrected chi connectivity index (χ4v) is 2.59. The Labute approximate surface area is 156 Å². The quantitative estimate of drug-likeness (QED) is 0.435. The lowest BCUT2D eigenvalue weighted by molar-refractivity contribution is 0.312. The number of hydrogen-bond acceptors (Lipinski definition) is 4. The molecule has 7 heteroatoms. The van der Waals surface area contributed by atoms with Crippen LogP contribution in [0, 0.1) is 0 Å². The Morgan fingerprint density at radius 1 is 1.26 bits per heavy atom. The van der Waals surface area contributed by atoms with Crippen molar-refractivity contribution in [2.45, 2.75) is 20.4 Å². The predicted octanol–water partition coefficient (Wildman–Crippen LogP) is 1.61. The second-order valence-corrected chi connectivity index (χ2v) is 5.66. The maximum Gasteiger partial charge on any atom is 0.191 e. The van der Waals surface area contributed by atoms with Gasteiger partial charge < -0.3 is 20.4 Å². The Morgan fingerprint density at radius 2 is 1.91 bits per heavy atom. The van der Waals surface area contributed by atoms with Gasteiger partial charge in [-0.15, -0.1) is 24.0 Å². The molecule has 1 saturated heterocycles. The molecule has 6 nitrogen and oxygen atoms in total. The van der Waals surface area contributed by atoms with Crippen molar-refractivity contribution in [3.05, 3.63) is 23.9 Å². The zero-order valence-corrected chi connectivity index (χ0v) is 16.7. The summed E-state index contributed by atoms with van der Waals surface area (Å²) >= 11 is 0. The van der Waals surface area contributed by atoms with Gasteiger partial charge in [0.05, 0.1) is 6.54 Å². The van der Waals surface area contributed by atoms with Crippen LogP contribution in [0.1, 0.15) is 19.4 Å². The molecule has 0 aromatic carbocycles. The van der Waals surface area contributed by atoms with E-state index < -0.39 is 0 Å². The third kappa shape index (κ3) is 5.80. The van der Waals surface area contributed by atoms with Gasteiger partial charge in [0.15, 0.2) is 5.96 Å². The average Bonchev–Trinajstić information content (AvgIpc) is 2.55. The smallest absolute Gasteiger partial charge is 0.191 e. The Morgan fingerprint density at radius 3 is 2.52 bits per heavy atom. The second-order valence-electron chi connectivity index (χ2n) is 5.66. The van der Waals surface area contributed by atoms with Gasteiger partial charge in [-0.25, -0.2) is 9.98 Å². The van der Waals surface area contributed by atoms with Gasteiger partial charge in [0, 0.05) is 45.5 Å². The zero-order chi connectivity index (χ0) is 15.9. The maximum atomic E-state index is 6.03. The summed E-state index contributed by atoms with van der Waals surface area (Å²) in [6, 6.07) is 4.14. The van der Waals surface area contributed by atoms with Crippen LogP contribution in [0.15, 0.2) is 23.3 Å². The molecule has 2 heterocycles. The van der Waals surface area contributed by atoms with E-state index in [0.29, 0.717) is 12.5 Å². The lowest BCUT2D eigenvalue weighted by Gasteiger charge is -2.33. The molecule has 1 aliphatic heterocycles. The SMILES string of the molecule is CCN(CC)C(N)=NCc1ccnc(N2CCN(C)CC2)c1.I. The Kier molecular flexibility index (Phi) is 8.60. The van der Waals surface area contributed by atoms with Gasteiger partial charge in [-0.3, -0.25) is 0 Å². The maximum absolute atomic E-state index is 6.03. The normalized spacial score (nSPS) is 16.1. The van der Waals surface area contributed by atoms with E-state index in [2.05, 4.69) is 51.6 Å². The van der Waals surface area contributed by atoms with Crippen molar-refractivity contribution in [3.8, 4) is 0 Å². The molecule has 0 amide bonds. The first kappa shape index (κ1) is 20.0. The summed E-state index contributed by atoms with van der Waals surface area (Å²) in [7, 11) is 2.16. The number of pyridine rings is 1. The first-order valence-electron chi connectivity index (χ1n) is 8.07. The largest absolute Gasteiger partial charge is 0.370 e. The van der Waals surface area contributed by atoms with Gasteiger partial charge in [-0.1, -0.05) is 0 Å². The molecular weight excluding hydrogens is 403 g/mol. The fraction of sp³-hybridized carbons (Fsp3) is 0.625. The van der Waals surface area contributed by atoms with Crippen LogP contribution in [0.2, 0.25) is 0 Å². The van der Waals surface area contributed by atoms with Crippen LogP contribution in [0.3, 0.4) is 0 Å². The highest BCUT2D eigenvalue weighted by atomic mass is 127. The van der Waals surface area contributed by atoms with Crippen LogP contribution < -0.4 is 10.6 Å². The highest BCUT2D eigenvalue weighted by Gasteiger charge is 2.15. The summed E-state index contributed by atoms with van der Waals surface area (Å²) in [5.74, 6) is 1.66. The number of piperazine rings is 1. The van der Waals surface area contributed by atoms with Gasteiger partial charge in [0.25, 0.3) is 0 Å². The van der Waals surface area contributed by atoms with Crippen LogP contribution in [0.25, 0.3) is 0 Å². The summed E-state index contributed by atoms with van der Waals surface area (Å²) in [6.07, 6.45) is 1.87. The average molecular weight is 432 g/mol. The lowest BCUT2D eigenvalue weighted by Crippen LogP contribution is -2.44.